The number of hydrogen-bond donors (Lipinski definition) is 1. The van der Waals surface area contributed by atoms with Crippen molar-refractivity contribution < 1.29 is 28.1 Å². The Morgan fingerprint density at radius 1 is 1.32 bits per heavy atom. The molecule has 2 fully saturated rings. The Kier molecular flexibility index (Phi) is 10.1. The first-order chi connectivity index (χ1) is 14.7. The summed E-state index contributed by atoms with van der Waals surface area (Å²) in [5.41, 5.74) is 0. The van der Waals surface area contributed by atoms with Crippen LogP contribution in [0.5, 0.6) is 0 Å². The normalized spacial score (nSPS) is 27.8. The first kappa shape index (κ1) is 25.9. The predicted octanol–water partition coefficient (Wildman–Crippen LogP) is 2.60. The molecule has 5 atom stereocenters. The molecule has 2 saturated heterocycles. The third-order valence-corrected chi connectivity index (χ3v) is 7.31. The monoisotopic (exact) mass is 458 g/mol. The van der Waals surface area contributed by atoms with Crippen molar-refractivity contribution in [1.82, 2.24) is 14.9 Å². The average molecular weight is 458 g/mol. The third kappa shape index (κ3) is 6.82. The highest BCUT2D eigenvalue weighted by Crippen LogP contribution is 2.49. The van der Waals surface area contributed by atoms with Crippen LogP contribution >= 0.6 is 8.53 Å². The molecule has 0 aromatic heterocycles. The van der Waals surface area contributed by atoms with Gasteiger partial charge in [0.15, 0.2) is 0 Å². The van der Waals surface area contributed by atoms with E-state index >= 15 is 0 Å². The van der Waals surface area contributed by atoms with Crippen molar-refractivity contribution >= 4 is 20.5 Å². The second kappa shape index (κ2) is 12.0. The van der Waals surface area contributed by atoms with Crippen molar-refractivity contribution in [3.8, 4) is 6.07 Å². The van der Waals surface area contributed by atoms with Crippen molar-refractivity contribution in [2.75, 3.05) is 26.9 Å². The first-order valence-electron chi connectivity index (χ1n) is 10.7. The van der Waals surface area contributed by atoms with Gasteiger partial charge in [-0.1, -0.05) is 6.92 Å². The molecule has 0 bridgehead atoms. The number of carbonyl (C=O) groups excluding carboxylic acids is 2. The number of carbonyl (C=O) groups is 2. The van der Waals surface area contributed by atoms with E-state index in [0.717, 1.165) is 0 Å². The van der Waals surface area contributed by atoms with Gasteiger partial charge in [-0.2, -0.15) is 5.26 Å². The van der Waals surface area contributed by atoms with Gasteiger partial charge >= 0.3 is 6.03 Å². The lowest BCUT2D eigenvalue weighted by atomic mass is 10.1. The van der Waals surface area contributed by atoms with Crippen LogP contribution < -0.4 is 5.32 Å². The van der Waals surface area contributed by atoms with Crippen LogP contribution in [0.2, 0.25) is 0 Å². The highest BCUT2D eigenvalue weighted by atomic mass is 31.2. The van der Waals surface area contributed by atoms with E-state index < -0.39 is 20.8 Å². The molecule has 176 valence electrons. The van der Waals surface area contributed by atoms with Gasteiger partial charge in [-0.3, -0.25) is 15.0 Å². The number of methoxy groups -OCH3 is 1. The largest absolute Gasteiger partial charge is 0.382 e. The molecule has 2 rings (SSSR count). The van der Waals surface area contributed by atoms with Crippen molar-refractivity contribution in [3.05, 3.63) is 0 Å². The molecular weight excluding hydrogens is 423 g/mol. The molecule has 0 aromatic carbocycles. The second-order valence-electron chi connectivity index (χ2n) is 8.36. The van der Waals surface area contributed by atoms with Crippen LogP contribution in [-0.4, -0.2) is 78.9 Å². The number of nitrogens with one attached hydrogen (secondary N) is 1. The van der Waals surface area contributed by atoms with Crippen LogP contribution in [0.15, 0.2) is 0 Å². The lowest BCUT2D eigenvalue weighted by Crippen LogP contribution is -2.57. The minimum atomic E-state index is -1.45. The Balaban J connectivity index is 2.16. The Labute approximate surface area is 186 Å². The van der Waals surface area contributed by atoms with E-state index in [2.05, 4.69) is 43.8 Å². The molecule has 2 heterocycles. The zero-order valence-electron chi connectivity index (χ0n) is 19.2. The maximum Gasteiger partial charge on any atom is 0.326 e. The first-order valence-corrected chi connectivity index (χ1v) is 11.8. The molecular formula is C20H35N4O6P. The zero-order valence-corrected chi connectivity index (χ0v) is 20.1. The highest BCUT2D eigenvalue weighted by Gasteiger charge is 2.45. The van der Waals surface area contributed by atoms with Gasteiger partial charge < -0.3 is 18.5 Å². The van der Waals surface area contributed by atoms with Gasteiger partial charge in [0.1, 0.15) is 12.3 Å². The van der Waals surface area contributed by atoms with Gasteiger partial charge in [0.25, 0.3) is 8.53 Å². The predicted molar refractivity (Wildman–Crippen MR) is 115 cm³/mol. The van der Waals surface area contributed by atoms with Crippen molar-refractivity contribution in [2.24, 2.45) is 5.92 Å². The summed E-state index contributed by atoms with van der Waals surface area (Å²) in [6.07, 6.45) is -0.562. The average Bonchev–Trinajstić information content (AvgIpc) is 3.06. The summed E-state index contributed by atoms with van der Waals surface area (Å²) in [6.45, 7) is 10.9. The highest BCUT2D eigenvalue weighted by molar-refractivity contribution is 7.44. The Hall–Kier alpha value is -1.34. The maximum absolute atomic E-state index is 12.4. The van der Waals surface area contributed by atoms with E-state index in [9.17, 15) is 9.59 Å². The van der Waals surface area contributed by atoms with Gasteiger partial charge in [-0.05, 0) is 27.7 Å². The molecule has 0 aliphatic carbocycles. The molecule has 11 heteroatoms. The zero-order chi connectivity index (χ0) is 23.1. The fraction of sp³-hybridized carbons (Fsp3) is 0.850. The topological polar surface area (TPSA) is 113 Å². The van der Waals surface area contributed by atoms with E-state index in [0.29, 0.717) is 19.6 Å². The van der Waals surface area contributed by atoms with E-state index in [-0.39, 0.29) is 49.1 Å². The second-order valence-corrected chi connectivity index (χ2v) is 9.77. The number of ether oxygens (including phenoxy) is 2. The molecule has 2 aliphatic rings. The van der Waals surface area contributed by atoms with Crippen LogP contribution in [0.25, 0.3) is 0 Å². The lowest BCUT2D eigenvalue weighted by Gasteiger charge is -2.37. The quantitative estimate of drug-likeness (QED) is 0.371. The van der Waals surface area contributed by atoms with Gasteiger partial charge in [0.05, 0.1) is 37.7 Å². The van der Waals surface area contributed by atoms with Crippen LogP contribution in [0.3, 0.4) is 0 Å². The van der Waals surface area contributed by atoms with Gasteiger partial charge in [-0.25, -0.2) is 9.46 Å². The standard InChI is InChI=1S/C20H35N4O6P/c1-13(2)24(14(3)4)31(28-9-7-8-21)30-16-10-18(29-17(16)12-27-6)23-11-15(5)19(25)22-20(23)26/h13-18H,7,9-12H2,1-6H3,(H,22,25,26)/t15?,16-,17+,18+,31?/m0/s1. The fourth-order valence-corrected chi connectivity index (χ4v) is 5.50. The fourth-order valence-electron chi connectivity index (χ4n) is 3.74. The number of imide groups is 1. The minimum absolute atomic E-state index is 0.173. The molecule has 2 unspecified atom stereocenters. The molecule has 31 heavy (non-hydrogen) atoms. The number of rotatable bonds is 11. The van der Waals surface area contributed by atoms with E-state index in [1.807, 2.05) is 0 Å². The minimum Gasteiger partial charge on any atom is -0.382 e. The molecule has 0 aromatic rings. The molecule has 0 saturated carbocycles. The lowest BCUT2D eigenvalue weighted by molar-refractivity contribution is -0.128. The third-order valence-electron chi connectivity index (χ3n) is 5.16. The summed E-state index contributed by atoms with van der Waals surface area (Å²) in [5, 5.41) is 11.3. The summed E-state index contributed by atoms with van der Waals surface area (Å²) >= 11 is 0. The molecule has 3 amide bonds. The van der Waals surface area contributed by atoms with Crippen LogP contribution in [0.1, 0.15) is 47.5 Å². The molecule has 2 aliphatic heterocycles. The van der Waals surface area contributed by atoms with E-state index in [1.165, 1.54) is 0 Å². The number of urea groups is 1. The summed E-state index contributed by atoms with van der Waals surface area (Å²) in [7, 11) is 0.133. The van der Waals surface area contributed by atoms with Crippen molar-refractivity contribution in [2.45, 2.75) is 78.0 Å². The van der Waals surface area contributed by atoms with E-state index in [4.69, 9.17) is 23.8 Å². The summed E-state index contributed by atoms with van der Waals surface area (Å²) < 4.78 is 26.0. The summed E-state index contributed by atoms with van der Waals surface area (Å²) in [6, 6.07) is 1.98. The molecule has 10 nitrogen and oxygen atoms in total. The number of amides is 3. The maximum atomic E-state index is 12.4. The Bertz CT molecular complexity index is 650. The van der Waals surface area contributed by atoms with Crippen LogP contribution in [0, 0.1) is 17.2 Å². The smallest absolute Gasteiger partial charge is 0.326 e. The van der Waals surface area contributed by atoms with Gasteiger partial charge in [-0.15, -0.1) is 0 Å². The molecule has 0 radical (unpaired) electrons. The van der Waals surface area contributed by atoms with Crippen LogP contribution in [0.4, 0.5) is 4.79 Å². The molecule has 1 N–H and O–H groups in total. The SMILES string of the molecule is COC[C@H]1O[C@@H](N2CC(C)C(=O)NC2=O)C[C@@H]1OP(OCCC#N)N(C(C)C)C(C)C. The van der Waals surface area contributed by atoms with Crippen LogP contribution in [-0.2, 0) is 23.3 Å². The number of nitriles is 1. The number of hydrogen-bond acceptors (Lipinski definition) is 8. The Morgan fingerprint density at radius 2 is 2.00 bits per heavy atom. The van der Waals surface area contributed by atoms with Gasteiger partial charge in [0.2, 0.25) is 5.91 Å². The van der Waals surface area contributed by atoms with Crippen molar-refractivity contribution in [1.29, 1.82) is 5.26 Å². The summed E-state index contributed by atoms with van der Waals surface area (Å²) in [5.74, 6) is -0.592. The molecule has 0 spiro atoms. The Morgan fingerprint density at radius 3 is 2.58 bits per heavy atom. The van der Waals surface area contributed by atoms with Crippen molar-refractivity contribution in [3.63, 3.8) is 0 Å². The summed E-state index contributed by atoms with van der Waals surface area (Å²) in [4.78, 5) is 25.7. The van der Waals surface area contributed by atoms with E-state index in [1.54, 1.807) is 18.9 Å². The number of nitrogens with zero attached hydrogens (tertiary/aromatic N) is 3. The van der Waals surface area contributed by atoms with Gasteiger partial charge in [0, 0.05) is 32.2 Å².